The van der Waals surface area contributed by atoms with Gasteiger partial charge in [0, 0.05) is 30.6 Å². The molecule has 2 aromatic heterocycles. The van der Waals surface area contributed by atoms with Gasteiger partial charge in [-0.25, -0.2) is 9.97 Å². The predicted octanol–water partition coefficient (Wildman–Crippen LogP) is 1.71. The molecular formula is C17H23N5O2. The van der Waals surface area contributed by atoms with Crippen LogP contribution in [0.1, 0.15) is 55.0 Å². The van der Waals surface area contributed by atoms with Gasteiger partial charge < -0.3 is 14.5 Å². The van der Waals surface area contributed by atoms with Crippen LogP contribution in [0.25, 0.3) is 0 Å². The molecule has 2 aliphatic rings. The van der Waals surface area contributed by atoms with Gasteiger partial charge in [0.2, 0.25) is 0 Å². The molecule has 7 nitrogen and oxygen atoms in total. The number of fused-ring (bicyclic) bond motifs is 1. The molecule has 1 N–H and O–H groups in total. The number of nitrogens with zero attached hydrogens (tertiary/aromatic N) is 5. The molecule has 0 saturated carbocycles. The molecule has 24 heavy (non-hydrogen) atoms. The van der Waals surface area contributed by atoms with Crippen LogP contribution in [0.3, 0.4) is 0 Å². The zero-order valence-electron chi connectivity index (χ0n) is 14.2. The van der Waals surface area contributed by atoms with Gasteiger partial charge in [0.15, 0.2) is 11.4 Å². The summed E-state index contributed by atoms with van der Waals surface area (Å²) in [6.45, 7) is 5.06. The summed E-state index contributed by atoms with van der Waals surface area (Å²) in [5.41, 5.74) is 1.32. The van der Waals surface area contributed by atoms with E-state index in [4.69, 9.17) is 4.52 Å². The van der Waals surface area contributed by atoms with Gasteiger partial charge >= 0.3 is 0 Å². The molecule has 0 spiro atoms. The molecule has 0 bridgehead atoms. The first-order valence-electron chi connectivity index (χ1n) is 8.76. The Kier molecular flexibility index (Phi) is 3.75. The summed E-state index contributed by atoms with van der Waals surface area (Å²) in [4.78, 5) is 15.8. The van der Waals surface area contributed by atoms with Crippen molar-refractivity contribution in [1.29, 1.82) is 0 Å². The topological polar surface area (TPSA) is 88.2 Å². The minimum absolute atomic E-state index is 0.321. The maximum atomic E-state index is 11.0. The van der Waals surface area contributed by atoms with Crippen molar-refractivity contribution in [2.75, 3.05) is 18.0 Å². The van der Waals surface area contributed by atoms with E-state index in [2.05, 4.69) is 25.0 Å². The van der Waals surface area contributed by atoms with Crippen LogP contribution in [-0.2, 0) is 24.9 Å². The van der Waals surface area contributed by atoms with Gasteiger partial charge in [0.1, 0.15) is 11.6 Å². The Morgan fingerprint density at radius 2 is 2.04 bits per heavy atom. The number of aliphatic hydroxyl groups is 1. The zero-order chi connectivity index (χ0) is 16.7. The fourth-order valence-electron chi connectivity index (χ4n) is 3.69. The van der Waals surface area contributed by atoms with Crippen LogP contribution >= 0.6 is 0 Å². The molecule has 1 saturated heterocycles. The largest absolute Gasteiger partial charge is 0.378 e. The summed E-state index contributed by atoms with van der Waals surface area (Å²) in [5, 5.41) is 14.9. The van der Waals surface area contributed by atoms with Crippen LogP contribution in [0, 0.1) is 6.92 Å². The highest BCUT2D eigenvalue weighted by atomic mass is 16.5. The predicted molar refractivity (Wildman–Crippen MR) is 87.8 cm³/mol. The number of rotatable bonds is 3. The molecule has 3 heterocycles. The molecule has 1 unspecified atom stereocenters. The molecule has 1 atom stereocenters. The van der Waals surface area contributed by atoms with Crippen molar-refractivity contribution in [3.05, 3.63) is 28.8 Å². The van der Waals surface area contributed by atoms with E-state index in [1.165, 1.54) is 24.1 Å². The van der Waals surface area contributed by atoms with E-state index in [-0.39, 0.29) is 0 Å². The van der Waals surface area contributed by atoms with Crippen LogP contribution in [0.2, 0.25) is 0 Å². The lowest BCUT2D eigenvalue weighted by molar-refractivity contribution is 0.0259. The van der Waals surface area contributed by atoms with E-state index < -0.39 is 5.60 Å². The van der Waals surface area contributed by atoms with Crippen molar-refractivity contribution in [3.8, 4) is 0 Å². The molecular weight excluding hydrogens is 306 g/mol. The average molecular weight is 329 g/mol. The highest BCUT2D eigenvalue weighted by molar-refractivity contribution is 5.52. The van der Waals surface area contributed by atoms with E-state index >= 15 is 0 Å². The van der Waals surface area contributed by atoms with Crippen LogP contribution < -0.4 is 4.90 Å². The molecule has 1 aliphatic carbocycles. The summed E-state index contributed by atoms with van der Waals surface area (Å²) >= 11 is 0. The smallest absolute Gasteiger partial charge is 0.260 e. The van der Waals surface area contributed by atoms with Gasteiger partial charge in [-0.2, -0.15) is 4.98 Å². The molecule has 0 amide bonds. The second-order valence-electron chi connectivity index (χ2n) is 6.80. The lowest BCUT2D eigenvalue weighted by atomic mass is 9.96. The Morgan fingerprint density at radius 1 is 1.21 bits per heavy atom. The first kappa shape index (κ1) is 15.5. The van der Waals surface area contributed by atoms with E-state index in [1.54, 1.807) is 0 Å². The van der Waals surface area contributed by atoms with Gasteiger partial charge in [-0.3, -0.25) is 0 Å². The monoisotopic (exact) mass is 329 g/mol. The maximum absolute atomic E-state index is 11.0. The average Bonchev–Trinajstić information content (AvgIpc) is 3.21. The normalized spacial score (nSPS) is 23.5. The number of β-amino-alcohol motifs (C(OH)–C–C–N with tert-alkyl or cyclic N) is 1. The van der Waals surface area contributed by atoms with Crippen LogP contribution in [0.4, 0.5) is 5.82 Å². The number of aromatic nitrogens is 4. The van der Waals surface area contributed by atoms with E-state index in [1.807, 2.05) is 13.8 Å². The van der Waals surface area contributed by atoms with E-state index in [0.29, 0.717) is 31.1 Å². The van der Waals surface area contributed by atoms with Crippen molar-refractivity contribution < 1.29 is 9.63 Å². The quantitative estimate of drug-likeness (QED) is 0.917. The summed E-state index contributed by atoms with van der Waals surface area (Å²) in [5.74, 6) is 2.73. The summed E-state index contributed by atoms with van der Waals surface area (Å²) in [6.07, 6.45) is 5.66. The van der Waals surface area contributed by atoms with E-state index in [0.717, 1.165) is 31.0 Å². The van der Waals surface area contributed by atoms with Crippen LogP contribution in [0.5, 0.6) is 0 Å². The highest BCUT2D eigenvalue weighted by Crippen LogP contribution is 2.36. The first-order chi connectivity index (χ1) is 11.6. The Morgan fingerprint density at radius 3 is 2.83 bits per heavy atom. The van der Waals surface area contributed by atoms with Gasteiger partial charge in [0.25, 0.3) is 5.89 Å². The van der Waals surface area contributed by atoms with Gasteiger partial charge in [-0.05, 0) is 32.6 Å². The third kappa shape index (κ3) is 2.56. The summed E-state index contributed by atoms with van der Waals surface area (Å²) in [6, 6.07) is 0. The number of aryl methyl sites for hydroxylation is 3. The highest BCUT2D eigenvalue weighted by Gasteiger charge is 2.43. The Balaban J connectivity index is 1.64. The Labute approximate surface area is 141 Å². The molecule has 2 aromatic rings. The fraction of sp³-hybridized carbons (Fsp3) is 0.647. The lowest BCUT2D eigenvalue weighted by Gasteiger charge is -2.26. The number of anilines is 1. The fourth-order valence-corrected chi connectivity index (χ4v) is 3.69. The molecule has 1 aliphatic heterocycles. The second kappa shape index (κ2) is 5.81. The van der Waals surface area contributed by atoms with Gasteiger partial charge in [-0.15, -0.1) is 0 Å². The van der Waals surface area contributed by atoms with Crippen molar-refractivity contribution in [2.24, 2.45) is 0 Å². The molecule has 1 fully saturated rings. The van der Waals surface area contributed by atoms with Crippen molar-refractivity contribution >= 4 is 5.82 Å². The molecule has 128 valence electrons. The minimum Gasteiger partial charge on any atom is -0.378 e. The van der Waals surface area contributed by atoms with Crippen molar-refractivity contribution in [3.63, 3.8) is 0 Å². The van der Waals surface area contributed by atoms with Gasteiger partial charge in [0.05, 0.1) is 6.54 Å². The lowest BCUT2D eigenvalue weighted by Crippen LogP contribution is -2.32. The van der Waals surface area contributed by atoms with Crippen LogP contribution in [0.15, 0.2) is 4.52 Å². The molecule has 0 radical (unpaired) electrons. The van der Waals surface area contributed by atoms with E-state index in [9.17, 15) is 5.11 Å². The Bertz CT molecular complexity index is 759. The minimum atomic E-state index is -1.10. The second-order valence-corrected chi connectivity index (χ2v) is 6.80. The standard InChI is InChI=1S/C17H23N5O2/c1-3-14-20-16(24-21-14)17(23)8-9-22(10-17)15-12-6-4-5-7-13(12)18-11(2)19-15/h23H,3-10H2,1-2H3. The van der Waals surface area contributed by atoms with Crippen LogP contribution in [-0.4, -0.2) is 38.3 Å². The Hall–Kier alpha value is -2.02. The number of hydrogen-bond donors (Lipinski definition) is 1. The summed E-state index contributed by atoms with van der Waals surface area (Å²) in [7, 11) is 0. The third-order valence-corrected chi connectivity index (χ3v) is 5.00. The van der Waals surface area contributed by atoms with Crippen molar-refractivity contribution in [1.82, 2.24) is 20.1 Å². The molecule has 4 rings (SSSR count). The first-order valence-corrected chi connectivity index (χ1v) is 8.76. The van der Waals surface area contributed by atoms with Crippen molar-refractivity contribution in [2.45, 2.75) is 58.0 Å². The maximum Gasteiger partial charge on any atom is 0.260 e. The summed E-state index contributed by atoms with van der Waals surface area (Å²) < 4.78 is 5.29. The molecule has 7 heteroatoms. The van der Waals surface area contributed by atoms with Gasteiger partial charge in [-0.1, -0.05) is 12.1 Å². The zero-order valence-corrected chi connectivity index (χ0v) is 14.2. The third-order valence-electron chi connectivity index (χ3n) is 5.00. The number of hydrogen-bond acceptors (Lipinski definition) is 7. The SMILES string of the molecule is CCc1noc(C2(O)CCN(c3nc(C)nc4c3CCCC4)C2)n1. The molecule has 0 aromatic carbocycles.